The topological polar surface area (TPSA) is 14.2 Å². The minimum atomic E-state index is 0.744. The summed E-state index contributed by atoms with van der Waals surface area (Å²) in [5.41, 5.74) is 5.11. The van der Waals surface area contributed by atoms with Gasteiger partial charge in [-0.2, -0.15) is 0 Å². The minimum Gasteiger partial charge on any atom is -0.383 e. The van der Waals surface area contributed by atoms with Crippen molar-refractivity contribution in [3.8, 4) is 11.3 Å². The number of ether oxygens (including phenoxy) is 1. The molecule has 1 aromatic carbocycles. The average molecular weight is 229 g/mol. The maximum absolute atomic E-state index is 5.16. The molecular weight excluding hydrogens is 210 g/mol. The summed E-state index contributed by atoms with van der Waals surface area (Å²) in [4.78, 5) is 0. The predicted molar refractivity (Wildman–Crippen MR) is 71.2 cm³/mol. The highest BCUT2D eigenvalue weighted by atomic mass is 16.5. The third-order valence-corrected chi connectivity index (χ3v) is 3.03. The van der Waals surface area contributed by atoms with Crippen molar-refractivity contribution in [2.45, 2.75) is 20.4 Å². The second-order valence-corrected chi connectivity index (χ2v) is 4.37. The summed E-state index contributed by atoms with van der Waals surface area (Å²) in [5.74, 6) is 0. The molecule has 0 unspecified atom stereocenters. The summed E-state index contributed by atoms with van der Waals surface area (Å²) in [6, 6.07) is 12.9. The number of benzene rings is 1. The lowest BCUT2D eigenvalue weighted by atomic mass is 10.1. The van der Waals surface area contributed by atoms with Crippen LogP contribution < -0.4 is 0 Å². The van der Waals surface area contributed by atoms with E-state index < -0.39 is 0 Å². The molecule has 90 valence electrons. The number of methoxy groups -OCH3 is 1. The Morgan fingerprint density at radius 1 is 1.12 bits per heavy atom. The molecule has 17 heavy (non-hydrogen) atoms. The number of rotatable bonds is 4. The van der Waals surface area contributed by atoms with Gasteiger partial charge in [0, 0.05) is 25.0 Å². The van der Waals surface area contributed by atoms with E-state index in [1.165, 1.54) is 22.5 Å². The Morgan fingerprint density at radius 3 is 2.65 bits per heavy atom. The number of aromatic nitrogens is 1. The number of nitrogens with zero attached hydrogens (tertiary/aromatic N) is 1. The Balaban J connectivity index is 2.38. The van der Waals surface area contributed by atoms with Gasteiger partial charge in [0.15, 0.2) is 0 Å². The fourth-order valence-corrected chi connectivity index (χ4v) is 2.11. The zero-order valence-corrected chi connectivity index (χ0v) is 10.7. The highest BCUT2D eigenvalue weighted by Gasteiger charge is 2.06. The van der Waals surface area contributed by atoms with Crippen molar-refractivity contribution >= 4 is 0 Å². The van der Waals surface area contributed by atoms with Gasteiger partial charge in [0.2, 0.25) is 0 Å². The molecule has 0 N–H and O–H groups in total. The lowest BCUT2D eigenvalue weighted by molar-refractivity contribution is 0.187. The number of hydrogen-bond donors (Lipinski definition) is 0. The van der Waals surface area contributed by atoms with Crippen molar-refractivity contribution in [1.82, 2.24) is 4.57 Å². The fraction of sp³-hybridized carbons (Fsp3) is 0.333. The van der Waals surface area contributed by atoms with Gasteiger partial charge in [-0.15, -0.1) is 0 Å². The van der Waals surface area contributed by atoms with Gasteiger partial charge in [-0.05, 0) is 37.6 Å². The molecule has 2 aromatic rings. The van der Waals surface area contributed by atoms with E-state index in [2.05, 4.69) is 54.8 Å². The molecular formula is C15H19NO. The van der Waals surface area contributed by atoms with Crippen LogP contribution in [0.3, 0.4) is 0 Å². The molecule has 0 spiro atoms. The quantitative estimate of drug-likeness (QED) is 0.783. The summed E-state index contributed by atoms with van der Waals surface area (Å²) in [6.45, 7) is 5.90. The molecule has 2 heteroatoms. The highest BCUT2D eigenvalue weighted by Crippen LogP contribution is 2.23. The van der Waals surface area contributed by atoms with Crippen LogP contribution in [0.4, 0.5) is 0 Å². The lowest BCUT2D eigenvalue weighted by Crippen LogP contribution is -2.07. The van der Waals surface area contributed by atoms with Crippen molar-refractivity contribution in [2.24, 2.45) is 0 Å². The summed E-state index contributed by atoms with van der Waals surface area (Å²) >= 11 is 0. The second kappa shape index (κ2) is 5.19. The maximum Gasteiger partial charge on any atom is 0.0642 e. The first-order chi connectivity index (χ1) is 8.22. The third-order valence-electron chi connectivity index (χ3n) is 3.03. The summed E-state index contributed by atoms with van der Waals surface area (Å²) in [6.07, 6.45) is 0. The molecule has 0 saturated carbocycles. The van der Waals surface area contributed by atoms with Gasteiger partial charge in [-0.25, -0.2) is 0 Å². The smallest absolute Gasteiger partial charge is 0.0642 e. The molecule has 0 fully saturated rings. The van der Waals surface area contributed by atoms with E-state index in [0.29, 0.717) is 0 Å². The molecule has 0 amide bonds. The van der Waals surface area contributed by atoms with Gasteiger partial charge in [0.25, 0.3) is 0 Å². The lowest BCUT2D eigenvalue weighted by Gasteiger charge is -2.11. The molecule has 0 atom stereocenters. The highest BCUT2D eigenvalue weighted by molar-refractivity contribution is 5.61. The van der Waals surface area contributed by atoms with Crippen molar-refractivity contribution in [1.29, 1.82) is 0 Å². The molecule has 1 heterocycles. The zero-order chi connectivity index (χ0) is 12.3. The minimum absolute atomic E-state index is 0.744. The molecule has 0 aliphatic heterocycles. The molecule has 2 rings (SSSR count). The summed E-state index contributed by atoms with van der Waals surface area (Å²) < 4.78 is 7.47. The van der Waals surface area contributed by atoms with Gasteiger partial charge < -0.3 is 9.30 Å². The van der Waals surface area contributed by atoms with E-state index in [1.54, 1.807) is 7.11 Å². The van der Waals surface area contributed by atoms with Crippen LogP contribution in [0.1, 0.15) is 11.3 Å². The first-order valence-electron chi connectivity index (χ1n) is 5.94. The van der Waals surface area contributed by atoms with Gasteiger partial charge in [0.1, 0.15) is 0 Å². The Kier molecular flexibility index (Phi) is 3.64. The average Bonchev–Trinajstić information content (AvgIpc) is 2.68. The SMILES string of the molecule is COCCn1c(C)ccc1-c1cccc(C)c1. The Morgan fingerprint density at radius 2 is 1.94 bits per heavy atom. The van der Waals surface area contributed by atoms with Crippen molar-refractivity contribution in [2.75, 3.05) is 13.7 Å². The van der Waals surface area contributed by atoms with Gasteiger partial charge in [0.05, 0.1) is 6.61 Å². The second-order valence-electron chi connectivity index (χ2n) is 4.37. The molecule has 0 aliphatic carbocycles. The summed E-state index contributed by atoms with van der Waals surface area (Å²) in [5, 5.41) is 0. The molecule has 1 aromatic heterocycles. The Labute approximate surface area is 103 Å². The summed E-state index contributed by atoms with van der Waals surface area (Å²) in [7, 11) is 1.74. The monoisotopic (exact) mass is 229 g/mol. The van der Waals surface area contributed by atoms with Crippen LogP contribution in [0.2, 0.25) is 0 Å². The van der Waals surface area contributed by atoms with Crippen molar-refractivity contribution < 1.29 is 4.74 Å². The van der Waals surface area contributed by atoms with Crippen LogP contribution in [-0.2, 0) is 11.3 Å². The van der Waals surface area contributed by atoms with Crippen LogP contribution in [0.25, 0.3) is 11.3 Å². The molecule has 0 radical (unpaired) electrons. The van der Waals surface area contributed by atoms with E-state index in [1.807, 2.05) is 0 Å². The van der Waals surface area contributed by atoms with E-state index >= 15 is 0 Å². The van der Waals surface area contributed by atoms with Crippen LogP contribution in [0, 0.1) is 13.8 Å². The largest absolute Gasteiger partial charge is 0.383 e. The first-order valence-corrected chi connectivity index (χ1v) is 5.94. The van der Waals surface area contributed by atoms with E-state index in [4.69, 9.17) is 4.74 Å². The number of aryl methyl sites for hydroxylation is 2. The van der Waals surface area contributed by atoms with E-state index in [9.17, 15) is 0 Å². The van der Waals surface area contributed by atoms with Crippen LogP contribution in [-0.4, -0.2) is 18.3 Å². The van der Waals surface area contributed by atoms with Crippen molar-refractivity contribution in [3.05, 3.63) is 47.7 Å². The normalized spacial score (nSPS) is 10.8. The molecule has 2 nitrogen and oxygen atoms in total. The molecule has 0 aliphatic rings. The van der Waals surface area contributed by atoms with Crippen LogP contribution in [0.15, 0.2) is 36.4 Å². The maximum atomic E-state index is 5.16. The number of hydrogen-bond acceptors (Lipinski definition) is 1. The predicted octanol–water partition coefficient (Wildman–Crippen LogP) is 3.42. The third kappa shape index (κ3) is 2.59. The Bertz CT molecular complexity index is 499. The van der Waals surface area contributed by atoms with E-state index in [0.717, 1.165) is 13.2 Å². The van der Waals surface area contributed by atoms with Crippen LogP contribution >= 0.6 is 0 Å². The van der Waals surface area contributed by atoms with Crippen LogP contribution in [0.5, 0.6) is 0 Å². The van der Waals surface area contributed by atoms with E-state index in [-0.39, 0.29) is 0 Å². The fourth-order valence-electron chi connectivity index (χ4n) is 2.11. The standard InChI is InChI=1S/C15H19NO/c1-12-5-4-6-14(11-12)15-8-7-13(2)16(15)9-10-17-3/h4-8,11H,9-10H2,1-3H3. The molecule has 0 saturated heterocycles. The molecule has 0 bridgehead atoms. The first kappa shape index (κ1) is 11.9. The Hall–Kier alpha value is -1.54. The van der Waals surface area contributed by atoms with Crippen molar-refractivity contribution in [3.63, 3.8) is 0 Å². The van der Waals surface area contributed by atoms with Gasteiger partial charge >= 0.3 is 0 Å². The van der Waals surface area contributed by atoms with Gasteiger partial charge in [-0.3, -0.25) is 0 Å². The zero-order valence-electron chi connectivity index (χ0n) is 10.7. The van der Waals surface area contributed by atoms with Gasteiger partial charge in [-0.1, -0.05) is 23.8 Å².